The summed E-state index contributed by atoms with van der Waals surface area (Å²) in [6.45, 7) is 1.44. The zero-order chi connectivity index (χ0) is 23.6. The van der Waals surface area contributed by atoms with Crippen molar-refractivity contribution in [3.8, 4) is 0 Å². The number of nitrogens with one attached hydrogen (secondary N) is 1. The fourth-order valence-electron chi connectivity index (χ4n) is 3.80. The van der Waals surface area contributed by atoms with Gasteiger partial charge >= 0.3 is 12.1 Å². The molecule has 1 aliphatic rings. The van der Waals surface area contributed by atoms with E-state index in [0.29, 0.717) is 6.42 Å². The minimum Gasteiger partial charge on any atom is -0.452 e. The van der Waals surface area contributed by atoms with E-state index in [2.05, 4.69) is 10.3 Å². The second-order valence-electron chi connectivity index (χ2n) is 7.62. The molecule has 170 valence electrons. The van der Waals surface area contributed by atoms with Crippen LogP contribution in [0.3, 0.4) is 0 Å². The van der Waals surface area contributed by atoms with Crippen molar-refractivity contribution in [2.24, 2.45) is 0 Å². The summed E-state index contributed by atoms with van der Waals surface area (Å²) < 4.78 is 44.2. The third-order valence-corrected chi connectivity index (χ3v) is 5.28. The Morgan fingerprint density at radius 1 is 1.12 bits per heavy atom. The van der Waals surface area contributed by atoms with Crippen LogP contribution in [-0.2, 0) is 22.1 Å². The molecule has 6 nitrogen and oxygen atoms in total. The highest BCUT2D eigenvalue weighted by Crippen LogP contribution is 2.33. The van der Waals surface area contributed by atoms with Gasteiger partial charge in [0.2, 0.25) is 0 Å². The number of fused-ring (bicyclic) bond motifs is 1. The average Bonchev–Trinajstić information content (AvgIpc) is 3.13. The summed E-state index contributed by atoms with van der Waals surface area (Å²) in [6, 6.07) is 14.9. The zero-order valence-corrected chi connectivity index (χ0v) is 17.6. The van der Waals surface area contributed by atoms with Crippen molar-refractivity contribution in [3.63, 3.8) is 0 Å². The molecule has 0 aliphatic carbocycles. The normalized spacial score (nSPS) is 15.2. The lowest BCUT2D eigenvalue weighted by molar-refractivity contribution is -0.137. The number of aromatic nitrogens is 1. The first-order valence-electron chi connectivity index (χ1n) is 10.2. The Labute approximate surface area is 188 Å². The molecule has 0 saturated heterocycles. The quantitative estimate of drug-likeness (QED) is 0.550. The third-order valence-electron chi connectivity index (χ3n) is 5.28. The topological polar surface area (TPSA) is 71.5 Å². The predicted molar refractivity (Wildman–Crippen MR) is 116 cm³/mol. The van der Waals surface area contributed by atoms with E-state index in [4.69, 9.17) is 4.74 Å². The Morgan fingerprint density at radius 3 is 2.70 bits per heavy atom. The summed E-state index contributed by atoms with van der Waals surface area (Å²) in [7, 11) is 0. The number of carbonyl (C=O) groups is 2. The van der Waals surface area contributed by atoms with Crippen LogP contribution in [0.25, 0.3) is 0 Å². The fraction of sp³-hybridized carbons (Fsp3) is 0.208. The van der Waals surface area contributed by atoms with Crippen LogP contribution in [0.1, 0.15) is 28.4 Å². The molecule has 0 saturated carbocycles. The van der Waals surface area contributed by atoms with Crippen molar-refractivity contribution in [2.75, 3.05) is 16.8 Å². The van der Waals surface area contributed by atoms with Crippen LogP contribution < -0.4 is 10.2 Å². The molecule has 0 bridgehead atoms. The van der Waals surface area contributed by atoms with Gasteiger partial charge in [-0.1, -0.05) is 24.3 Å². The van der Waals surface area contributed by atoms with E-state index in [1.807, 2.05) is 31.2 Å². The molecule has 0 radical (unpaired) electrons. The fourth-order valence-corrected chi connectivity index (χ4v) is 3.80. The number of hydrogen-bond acceptors (Lipinski definition) is 5. The van der Waals surface area contributed by atoms with Crippen LogP contribution in [0.5, 0.6) is 0 Å². The Hall–Kier alpha value is -3.88. The summed E-state index contributed by atoms with van der Waals surface area (Å²) in [5.41, 5.74) is 1.11. The molecule has 0 spiro atoms. The molecule has 9 heteroatoms. The number of benzene rings is 2. The molecule has 1 atom stereocenters. The molecule has 3 aromatic rings. The molecule has 0 fully saturated rings. The van der Waals surface area contributed by atoms with Crippen molar-refractivity contribution < 1.29 is 27.5 Å². The molecule has 2 heterocycles. The predicted octanol–water partition coefficient (Wildman–Crippen LogP) is 4.98. The minimum atomic E-state index is -4.50. The molecule has 4 rings (SSSR count). The van der Waals surface area contributed by atoms with E-state index in [1.165, 1.54) is 30.5 Å². The molecule has 1 aromatic heterocycles. The molecular weight excluding hydrogens is 435 g/mol. The van der Waals surface area contributed by atoms with Crippen LogP contribution in [-0.4, -0.2) is 29.5 Å². The van der Waals surface area contributed by atoms with Gasteiger partial charge in [0.25, 0.3) is 5.91 Å². The summed E-state index contributed by atoms with van der Waals surface area (Å²) >= 11 is 0. The number of ether oxygens (including phenoxy) is 1. The smallest absolute Gasteiger partial charge is 0.416 e. The van der Waals surface area contributed by atoms with Gasteiger partial charge in [0.05, 0.1) is 5.56 Å². The number of esters is 1. The maximum atomic E-state index is 13.0. The van der Waals surface area contributed by atoms with Gasteiger partial charge in [-0.3, -0.25) is 4.79 Å². The van der Waals surface area contributed by atoms with Gasteiger partial charge < -0.3 is 15.0 Å². The van der Waals surface area contributed by atoms with Crippen molar-refractivity contribution in [1.82, 2.24) is 4.98 Å². The summed E-state index contributed by atoms with van der Waals surface area (Å²) in [4.78, 5) is 31.1. The highest BCUT2D eigenvalue weighted by molar-refractivity contribution is 6.00. The molecule has 33 heavy (non-hydrogen) atoms. The number of pyridine rings is 1. The lowest BCUT2D eigenvalue weighted by Gasteiger charge is -2.22. The van der Waals surface area contributed by atoms with E-state index in [0.717, 1.165) is 23.4 Å². The van der Waals surface area contributed by atoms with E-state index in [9.17, 15) is 22.8 Å². The number of rotatable bonds is 5. The minimum absolute atomic E-state index is 0.00224. The summed E-state index contributed by atoms with van der Waals surface area (Å²) in [5.74, 6) is -1.16. The maximum absolute atomic E-state index is 13.0. The number of anilines is 3. The number of halogens is 3. The van der Waals surface area contributed by atoms with Gasteiger partial charge in [-0.2, -0.15) is 13.2 Å². The van der Waals surface area contributed by atoms with Crippen LogP contribution in [0, 0.1) is 0 Å². The third kappa shape index (κ3) is 4.82. The zero-order valence-electron chi connectivity index (χ0n) is 17.6. The molecule has 1 amide bonds. The number of amides is 1. The van der Waals surface area contributed by atoms with Crippen molar-refractivity contribution >= 4 is 29.1 Å². The molecular formula is C24H20F3N3O3. The van der Waals surface area contributed by atoms with Gasteiger partial charge in [-0.25, -0.2) is 9.78 Å². The summed E-state index contributed by atoms with van der Waals surface area (Å²) in [5, 5.41) is 2.72. The standard InChI is InChI=1S/C24H20F3N3O3/c1-15-12-16-6-2-3-10-20(16)30(15)21(31)14-33-23(32)19-9-5-11-28-22(19)29-18-8-4-7-17(13-18)24(25,26)27/h2-11,13,15H,12,14H2,1H3,(H,28,29)/t15-/m1/s1. The van der Waals surface area contributed by atoms with Gasteiger partial charge in [0, 0.05) is 23.6 Å². The molecule has 2 aromatic carbocycles. The number of nitrogens with zero attached hydrogens (tertiary/aromatic N) is 2. The Bertz CT molecular complexity index is 1200. The largest absolute Gasteiger partial charge is 0.452 e. The Morgan fingerprint density at radius 2 is 1.91 bits per heavy atom. The number of carbonyl (C=O) groups excluding carboxylic acids is 2. The Balaban J connectivity index is 1.46. The van der Waals surface area contributed by atoms with Gasteiger partial charge in [-0.05, 0) is 55.3 Å². The van der Waals surface area contributed by atoms with Crippen molar-refractivity contribution in [1.29, 1.82) is 0 Å². The first-order valence-corrected chi connectivity index (χ1v) is 10.2. The first-order chi connectivity index (χ1) is 15.7. The van der Waals surface area contributed by atoms with E-state index < -0.39 is 24.3 Å². The molecule has 1 aliphatic heterocycles. The van der Waals surface area contributed by atoms with Gasteiger partial charge in [-0.15, -0.1) is 0 Å². The number of para-hydroxylation sites is 1. The molecule has 0 unspecified atom stereocenters. The summed E-state index contributed by atoms with van der Waals surface area (Å²) in [6.07, 6.45) is -2.40. The SMILES string of the molecule is C[C@@H]1Cc2ccccc2N1C(=O)COC(=O)c1cccnc1Nc1cccc(C(F)(F)F)c1. The van der Waals surface area contributed by atoms with Gasteiger partial charge in [0.1, 0.15) is 11.4 Å². The maximum Gasteiger partial charge on any atom is 0.416 e. The van der Waals surface area contributed by atoms with Crippen molar-refractivity contribution in [2.45, 2.75) is 25.6 Å². The van der Waals surface area contributed by atoms with Crippen LogP contribution in [0.15, 0.2) is 66.9 Å². The second kappa shape index (κ2) is 8.93. The van der Waals surface area contributed by atoms with Gasteiger partial charge in [0.15, 0.2) is 6.61 Å². The van der Waals surface area contributed by atoms with E-state index >= 15 is 0 Å². The Kier molecular flexibility index (Phi) is 6.04. The highest BCUT2D eigenvalue weighted by Gasteiger charge is 2.32. The lowest BCUT2D eigenvalue weighted by Crippen LogP contribution is -2.38. The number of alkyl halides is 3. The van der Waals surface area contributed by atoms with Crippen LogP contribution in [0.4, 0.5) is 30.4 Å². The van der Waals surface area contributed by atoms with Crippen molar-refractivity contribution in [3.05, 3.63) is 83.6 Å². The number of hydrogen-bond donors (Lipinski definition) is 1. The van der Waals surface area contributed by atoms with Crippen LogP contribution in [0.2, 0.25) is 0 Å². The average molecular weight is 455 g/mol. The van der Waals surface area contributed by atoms with Crippen LogP contribution >= 0.6 is 0 Å². The highest BCUT2D eigenvalue weighted by atomic mass is 19.4. The van der Waals surface area contributed by atoms with E-state index in [1.54, 1.807) is 4.90 Å². The lowest BCUT2D eigenvalue weighted by atomic mass is 10.1. The second-order valence-corrected chi connectivity index (χ2v) is 7.62. The van der Waals surface area contributed by atoms with E-state index in [-0.39, 0.29) is 29.0 Å². The monoisotopic (exact) mass is 455 g/mol. The first kappa shape index (κ1) is 22.3. The molecule has 1 N–H and O–H groups in total.